The maximum atomic E-state index is 11.7. The number of amides is 1. The molecule has 0 radical (unpaired) electrons. The van der Waals surface area contributed by atoms with Crippen LogP contribution in [0.3, 0.4) is 0 Å². The summed E-state index contributed by atoms with van der Waals surface area (Å²) in [5, 5.41) is 6.43. The molecule has 98 valence electrons. The highest BCUT2D eigenvalue weighted by atomic mass is 16.5. The van der Waals surface area contributed by atoms with Crippen LogP contribution in [0.5, 0.6) is 0 Å². The van der Waals surface area contributed by atoms with Gasteiger partial charge in [-0.3, -0.25) is 9.59 Å². The number of nitrogens with zero attached hydrogens (tertiary/aromatic N) is 3. The lowest BCUT2D eigenvalue weighted by atomic mass is 10.2. The smallest absolute Gasteiger partial charge is 0.325 e. The van der Waals surface area contributed by atoms with Crippen molar-refractivity contribution in [3.8, 4) is 5.69 Å². The summed E-state index contributed by atoms with van der Waals surface area (Å²) in [4.78, 5) is 26.4. The van der Waals surface area contributed by atoms with Gasteiger partial charge in [-0.2, -0.15) is 5.10 Å². The Morgan fingerprint density at radius 2 is 2.05 bits per heavy atom. The second kappa shape index (κ2) is 5.76. The zero-order valence-electron chi connectivity index (χ0n) is 10.2. The number of ether oxygens (including phenoxy) is 1. The summed E-state index contributed by atoms with van der Waals surface area (Å²) in [6.45, 7) is -0.153. The number of methoxy groups -OCH3 is 1. The molecule has 0 bridgehead atoms. The molecule has 0 aliphatic rings. The minimum atomic E-state index is -0.493. The van der Waals surface area contributed by atoms with Crippen molar-refractivity contribution in [3.63, 3.8) is 0 Å². The lowest BCUT2D eigenvalue weighted by molar-refractivity contribution is -0.139. The van der Waals surface area contributed by atoms with Crippen molar-refractivity contribution in [2.24, 2.45) is 0 Å². The summed E-state index contributed by atoms with van der Waals surface area (Å²) in [6, 6.07) is 6.76. The van der Waals surface area contributed by atoms with E-state index in [0.29, 0.717) is 5.56 Å². The van der Waals surface area contributed by atoms with E-state index in [-0.39, 0.29) is 12.5 Å². The van der Waals surface area contributed by atoms with Gasteiger partial charge in [0, 0.05) is 5.56 Å². The van der Waals surface area contributed by atoms with Crippen LogP contribution in [0.25, 0.3) is 5.69 Å². The van der Waals surface area contributed by atoms with E-state index >= 15 is 0 Å². The fourth-order valence-corrected chi connectivity index (χ4v) is 1.43. The van der Waals surface area contributed by atoms with Crippen LogP contribution < -0.4 is 5.32 Å². The van der Waals surface area contributed by atoms with E-state index in [9.17, 15) is 9.59 Å². The minimum Gasteiger partial charge on any atom is -0.468 e. The van der Waals surface area contributed by atoms with Gasteiger partial charge in [-0.05, 0) is 24.3 Å². The molecule has 0 fully saturated rings. The first-order valence-electron chi connectivity index (χ1n) is 5.51. The normalized spacial score (nSPS) is 9.95. The molecule has 1 aromatic heterocycles. The largest absolute Gasteiger partial charge is 0.468 e. The van der Waals surface area contributed by atoms with Gasteiger partial charge in [-0.15, -0.1) is 0 Å². The average molecular weight is 260 g/mol. The lowest BCUT2D eigenvalue weighted by Crippen LogP contribution is -2.30. The fourth-order valence-electron chi connectivity index (χ4n) is 1.43. The van der Waals surface area contributed by atoms with Crippen molar-refractivity contribution in [1.82, 2.24) is 20.1 Å². The predicted molar refractivity (Wildman–Crippen MR) is 65.7 cm³/mol. The number of nitrogens with one attached hydrogen (secondary N) is 1. The van der Waals surface area contributed by atoms with Gasteiger partial charge in [0.2, 0.25) is 0 Å². The van der Waals surface area contributed by atoms with Crippen LogP contribution in [0, 0.1) is 0 Å². The third-order valence-corrected chi connectivity index (χ3v) is 2.43. The van der Waals surface area contributed by atoms with Crippen molar-refractivity contribution in [1.29, 1.82) is 0 Å². The second-order valence-electron chi connectivity index (χ2n) is 3.65. The molecule has 0 atom stereocenters. The van der Waals surface area contributed by atoms with Gasteiger partial charge in [0.25, 0.3) is 5.91 Å². The highest BCUT2D eigenvalue weighted by Crippen LogP contribution is 2.07. The van der Waals surface area contributed by atoms with Gasteiger partial charge in [0.1, 0.15) is 19.2 Å². The van der Waals surface area contributed by atoms with E-state index in [0.717, 1.165) is 5.69 Å². The second-order valence-corrected chi connectivity index (χ2v) is 3.65. The summed E-state index contributed by atoms with van der Waals surface area (Å²) >= 11 is 0. The molecule has 1 amide bonds. The maximum absolute atomic E-state index is 11.7. The molecule has 0 aliphatic carbocycles. The van der Waals surface area contributed by atoms with Gasteiger partial charge in [-0.25, -0.2) is 9.67 Å². The van der Waals surface area contributed by atoms with Gasteiger partial charge in [-0.1, -0.05) is 0 Å². The Kier molecular flexibility index (Phi) is 3.87. The molecule has 0 aliphatic heterocycles. The predicted octanol–water partition coefficient (Wildman–Crippen LogP) is 0.170. The van der Waals surface area contributed by atoms with Crippen LogP contribution >= 0.6 is 0 Å². The zero-order chi connectivity index (χ0) is 13.7. The summed E-state index contributed by atoms with van der Waals surface area (Å²) in [5.74, 6) is -0.830. The molecular weight excluding hydrogens is 248 g/mol. The molecule has 0 unspecified atom stereocenters. The molecule has 1 aromatic carbocycles. The van der Waals surface area contributed by atoms with Gasteiger partial charge >= 0.3 is 5.97 Å². The van der Waals surface area contributed by atoms with Crippen molar-refractivity contribution in [2.75, 3.05) is 13.7 Å². The number of esters is 1. The molecular formula is C12H12N4O3. The van der Waals surface area contributed by atoms with Gasteiger partial charge in [0.05, 0.1) is 12.8 Å². The Bertz CT molecular complexity index is 563. The molecule has 2 aromatic rings. The third kappa shape index (κ3) is 3.15. The SMILES string of the molecule is COC(=O)CNC(=O)c1ccc(-n2cncn2)cc1. The van der Waals surface area contributed by atoms with Crippen LogP contribution in [0.15, 0.2) is 36.9 Å². The number of carbonyl (C=O) groups is 2. The molecule has 0 spiro atoms. The number of aromatic nitrogens is 3. The zero-order valence-corrected chi connectivity index (χ0v) is 10.2. The molecule has 1 heterocycles. The van der Waals surface area contributed by atoms with E-state index in [2.05, 4.69) is 20.1 Å². The topological polar surface area (TPSA) is 86.1 Å². The molecule has 0 saturated heterocycles. The van der Waals surface area contributed by atoms with Crippen molar-refractivity contribution in [3.05, 3.63) is 42.5 Å². The Morgan fingerprint density at radius 1 is 1.32 bits per heavy atom. The minimum absolute atomic E-state index is 0.153. The lowest BCUT2D eigenvalue weighted by Gasteiger charge is -2.05. The van der Waals surface area contributed by atoms with Crippen LogP contribution in [-0.2, 0) is 9.53 Å². The van der Waals surface area contributed by atoms with E-state index in [4.69, 9.17) is 0 Å². The maximum Gasteiger partial charge on any atom is 0.325 e. The first kappa shape index (κ1) is 12.7. The van der Waals surface area contributed by atoms with Crippen molar-refractivity contribution >= 4 is 11.9 Å². The highest BCUT2D eigenvalue weighted by Gasteiger charge is 2.08. The average Bonchev–Trinajstić information content (AvgIpc) is 2.98. The van der Waals surface area contributed by atoms with E-state index in [1.165, 1.54) is 13.4 Å². The van der Waals surface area contributed by atoms with Crippen LogP contribution in [0.2, 0.25) is 0 Å². The Hall–Kier alpha value is -2.70. The Balaban J connectivity index is 2.02. The Morgan fingerprint density at radius 3 is 2.63 bits per heavy atom. The number of hydrogen-bond acceptors (Lipinski definition) is 5. The quantitative estimate of drug-likeness (QED) is 0.792. The number of carbonyl (C=O) groups excluding carboxylic acids is 2. The van der Waals surface area contributed by atoms with Crippen molar-refractivity contribution in [2.45, 2.75) is 0 Å². The van der Waals surface area contributed by atoms with E-state index in [1.54, 1.807) is 35.3 Å². The number of benzene rings is 1. The van der Waals surface area contributed by atoms with Crippen molar-refractivity contribution < 1.29 is 14.3 Å². The highest BCUT2D eigenvalue weighted by molar-refractivity contribution is 5.96. The van der Waals surface area contributed by atoms with Crippen LogP contribution in [0.4, 0.5) is 0 Å². The molecule has 7 heteroatoms. The molecule has 7 nitrogen and oxygen atoms in total. The molecule has 1 N–H and O–H groups in total. The van der Waals surface area contributed by atoms with Gasteiger partial charge < -0.3 is 10.1 Å². The molecule has 0 saturated carbocycles. The summed E-state index contributed by atoms with van der Waals surface area (Å²) in [6.07, 6.45) is 2.99. The first-order chi connectivity index (χ1) is 9.20. The molecule has 19 heavy (non-hydrogen) atoms. The summed E-state index contributed by atoms with van der Waals surface area (Å²) in [7, 11) is 1.27. The fraction of sp³-hybridized carbons (Fsp3) is 0.167. The Labute approximate surface area is 109 Å². The van der Waals surface area contributed by atoms with Gasteiger partial charge in [0.15, 0.2) is 0 Å². The van der Waals surface area contributed by atoms with Crippen LogP contribution in [-0.4, -0.2) is 40.3 Å². The van der Waals surface area contributed by atoms with Crippen LogP contribution in [0.1, 0.15) is 10.4 Å². The van der Waals surface area contributed by atoms with E-state index in [1.807, 2.05) is 0 Å². The summed E-state index contributed by atoms with van der Waals surface area (Å²) in [5.41, 5.74) is 1.25. The standard InChI is InChI=1S/C12H12N4O3/c1-19-11(17)6-14-12(18)9-2-4-10(5-3-9)16-8-13-7-15-16/h2-5,7-8H,6H2,1H3,(H,14,18). The molecule has 2 rings (SSSR count). The summed E-state index contributed by atoms with van der Waals surface area (Å²) < 4.78 is 6.01. The number of hydrogen-bond donors (Lipinski definition) is 1. The van der Waals surface area contributed by atoms with E-state index < -0.39 is 5.97 Å². The monoisotopic (exact) mass is 260 g/mol. The number of rotatable bonds is 4. The third-order valence-electron chi connectivity index (χ3n) is 2.43. The first-order valence-corrected chi connectivity index (χ1v) is 5.51.